The van der Waals surface area contributed by atoms with Gasteiger partial charge >= 0.3 is 0 Å². The average Bonchev–Trinajstić information content (AvgIpc) is 2.29. The number of ether oxygens (including phenoxy) is 1. The Morgan fingerprint density at radius 2 is 2.05 bits per heavy atom. The minimum absolute atomic E-state index is 0.0913. The monoisotopic (exact) mass is 272 g/mol. The molecule has 0 radical (unpaired) electrons. The van der Waals surface area contributed by atoms with Gasteiger partial charge in [-0.25, -0.2) is 8.78 Å². The van der Waals surface area contributed by atoms with Crippen molar-refractivity contribution in [3.63, 3.8) is 0 Å². The summed E-state index contributed by atoms with van der Waals surface area (Å²) in [5, 5.41) is 2.61. The van der Waals surface area contributed by atoms with E-state index in [4.69, 9.17) is 10.5 Å². The number of amides is 1. The maximum Gasteiger partial charge on any atom is 0.260 e. The van der Waals surface area contributed by atoms with E-state index >= 15 is 0 Å². The van der Waals surface area contributed by atoms with Crippen molar-refractivity contribution in [2.24, 2.45) is 5.73 Å². The van der Waals surface area contributed by atoms with Crippen LogP contribution >= 0.6 is 0 Å². The number of rotatable bonds is 5. The van der Waals surface area contributed by atoms with Crippen molar-refractivity contribution in [2.75, 3.05) is 6.54 Å². The van der Waals surface area contributed by atoms with Gasteiger partial charge in [0.1, 0.15) is 5.75 Å². The molecule has 0 saturated heterocycles. The number of halogens is 2. The van der Waals surface area contributed by atoms with Gasteiger partial charge < -0.3 is 15.8 Å². The summed E-state index contributed by atoms with van der Waals surface area (Å²) in [6.45, 7) is 5.35. The molecule has 1 rings (SSSR count). The highest BCUT2D eigenvalue weighted by Gasteiger charge is 2.18. The molecule has 1 aromatic carbocycles. The number of hydrogen-bond donors (Lipinski definition) is 2. The van der Waals surface area contributed by atoms with E-state index in [1.54, 1.807) is 13.8 Å². The summed E-state index contributed by atoms with van der Waals surface area (Å²) in [4.78, 5) is 11.7. The SMILES string of the molecule is CC(Oc1ccc(F)c(F)c1)C(=O)NCC(C)(C)N. The summed E-state index contributed by atoms with van der Waals surface area (Å²) in [6, 6.07) is 3.10. The van der Waals surface area contributed by atoms with E-state index in [2.05, 4.69) is 5.32 Å². The molecule has 0 saturated carbocycles. The fraction of sp³-hybridized carbons (Fsp3) is 0.462. The van der Waals surface area contributed by atoms with Crippen LogP contribution < -0.4 is 15.8 Å². The second kappa shape index (κ2) is 5.97. The van der Waals surface area contributed by atoms with Gasteiger partial charge in [-0.3, -0.25) is 4.79 Å². The van der Waals surface area contributed by atoms with E-state index in [-0.39, 0.29) is 18.2 Å². The molecule has 0 aromatic heterocycles. The van der Waals surface area contributed by atoms with Crippen LogP contribution in [-0.4, -0.2) is 24.1 Å². The maximum absolute atomic E-state index is 13.0. The standard InChI is InChI=1S/C13H18F2N2O2/c1-8(12(18)17-7-13(2,3)16)19-9-4-5-10(14)11(15)6-9/h4-6,8H,7,16H2,1-3H3,(H,17,18). The Kier molecular flexibility index (Phi) is 4.83. The lowest BCUT2D eigenvalue weighted by Crippen LogP contribution is -2.48. The average molecular weight is 272 g/mol. The molecule has 6 heteroatoms. The van der Waals surface area contributed by atoms with Crippen molar-refractivity contribution in [3.05, 3.63) is 29.8 Å². The van der Waals surface area contributed by atoms with Gasteiger partial charge in [0.05, 0.1) is 0 Å². The van der Waals surface area contributed by atoms with Crippen LogP contribution in [0.4, 0.5) is 8.78 Å². The van der Waals surface area contributed by atoms with Crippen LogP contribution in [0.25, 0.3) is 0 Å². The summed E-state index contributed by atoms with van der Waals surface area (Å²) in [7, 11) is 0. The first-order valence-electron chi connectivity index (χ1n) is 5.87. The first-order chi connectivity index (χ1) is 8.69. The molecule has 1 atom stereocenters. The summed E-state index contributed by atoms with van der Waals surface area (Å²) in [6.07, 6.45) is -0.827. The summed E-state index contributed by atoms with van der Waals surface area (Å²) < 4.78 is 30.9. The van der Waals surface area contributed by atoms with Gasteiger partial charge in [-0.05, 0) is 32.9 Å². The Morgan fingerprint density at radius 1 is 1.42 bits per heavy atom. The zero-order valence-corrected chi connectivity index (χ0v) is 11.2. The zero-order chi connectivity index (χ0) is 14.6. The Morgan fingerprint density at radius 3 is 2.58 bits per heavy atom. The van der Waals surface area contributed by atoms with Gasteiger partial charge in [-0.2, -0.15) is 0 Å². The molecule has 19 heavy (non-hydrogen) atoms. The summed E-state index contributed by atoms with van der Waals surface area (Å²) in [5.41, 5.74) is 5.20. The van der Waals surface area contributed by atoms with Crippen LogP contribution in [0.5, 0.6) is 5.75 Å². The van der Waals surface area contributed by atoms with Crippen LogP contribution in [0, 0.1) is 11.6 Å². The van der Waals surface area contributed by atoms with E-state index < -0.39 is 23.3 Å². The lowest BCUT2D eigenvalue weighted by molar-refractivity contribution is -0.127. The molecule has 3 N–H and O–H groups in total. The van der Waals surface area contributed by atoms with Crippen LogP contribution in [0.1, 0.15) is 20.8 Å². The van der Waals surface area contributed by atoms with Crippen molar-refractivity contribution in [1.82, 2.24) is 5.32 Å². The normalized spacial score (nSPS) is 12.9. The molecule has 1 aromatic rings. The second-order valence-electron chi connectivity index (χ2n) is 5.04. The number of hydrogen-bond acceptors (Lipinski definition) is 3. The van der Waals surface area contributed by atoms with Gasteiger partial charge in [0, 0.05) is 18.2 Å². The second-order valence-corrected chi connectivity index (χ2v) is 5.04. The zero-order valence-electron chi connectivity index (χ0n) is 11.2. The minimum Gasteiger partial charge on any atom is -0.481 e. The Hall–Kier alpha value is -1.69. The molecule has 1 unspecified atom stereocenters. The third-order valence-electron chi connectivity index (χ3n) is 2.29. The smallest absolute Gasteiger partial charge is 0.260 e. The predicted molar refractivity (Wildman–Crippen MR) is 67.7 cm³/mol. The number of nitrogens with two attached hydrogens (primary N) is 1. The Balaban J connectivity index is 2.56. The molecule has 1 amide bonds. The predicted octanol–water partition coefficient (Wildman–Crippen LogP) is 1.59. The van der Waals surface area contributed by atoms with Gasteiger partial charge in [0.25, 0.3) is 5.91 Å². The van der Waals surface area contributed by atoms with Crippen LogP contribution in [-0.2, 0) is 4.79 Å². The van der Waals surface area contributed by atoms with E-state index in [0.29, 0.717) is 0 Å². The Bertz CT molecular complexity index is 458. The largest absolute Gasteiger partial charge is 0.481 e. The number of benzene rings is 1. The molecule has 0 aliphatic rings. The van der Waals surface area contributed by atoms with Crippen LogP contribution in [0.3, 0.4) is 0 Å². The van der Waals surface area contributed by atoms with Gasteiger partial charge in [-0.15, -0.1) is 0 Å². The lowest BCUT2D eigenvalue weighted by Gasteiger charge is -2.21. The Labute approximate surface area is 110 Å². The van der Waals surface area contributed by atoms with E-state index in [1.165, 1.54) is 13.0 Å². The van der Waals surface area contributed by atoms with Gasteiger partial charge in [0.15, 0.2) is 17.7 Å². The van der Waals surface area contributed by atoms with Crippen molar-refractivity contribution < 1.29 is 18.3 Å². The molecule has 4 nitrogen and oxygen atoms in total. The minimum atomic E-state index is -1.02. The highest BCUT2D eigenvalue weighted by Crippen LogP contribution is 2.16. The van der Waals surface area contributed by atoms with E-state index in [1.807, 2.05) is 0 Å². The summed E-state index contributed by atoms with van der Waals surface area (Å²) in [5.74, 6) is -2.26. The van der Waals surface area contributed by atoms with Crippen molar-refractivity contribution in [3.8, 4) is 5.75 Å². The van der Waals surface area contributed by atoms with E-state index in [0.717, 1.165) is 12.1 Å². The number of carbonyl (C=O) groups is 1. The maximum atomic E-state index is 13.0. The highest BCUT2D eigenvalue weighted by molar-refractivity contribution is 5.80. The lowest BCUT2D eigenvalue weighted by atomic mass is 10.1. The van der Waals surface area contributed by atoms with Crippen molar-refractivity contribution >= 4 is 5.91 Å². The molecule has 106 valence electrons. The van der Waals surface area contributed by atoms with Gasteiger partial charge in [-0.1, -0.05) is 0 Å². The fourth-order valence-electron chi connectivity index (χ4n) is 1.27. The van der Waals surface area contributed by atoms with Gasteiger partial charge in [0.2, 0.25) is 0 Å². The topological polar surface area (TPSA) is 64.3 Å². The third kappa shape index (κ3) is 5.21. The first-order valence-corrected chi connectivity index (χ1v) is 5.87. The van der Waals surface area contributed by atoms with Crippen LogP contribution in [0.2, 0.25) is 0 Å². The molecular weight excluding hydrogens is 254 g/mol. The van der Waals surface area contributed by atoms with Crippen molar-refractivity contribution in [2.45, 2.75) is 32.4 Å². The summed E-state index contributed by atoms with van der Waals surface area (Å²) >= 11 is 0. The molecule has 0 fully saturated rings. The quantitative estimate of drug-likeness (QED) is 0.855. The molecule has 0 heterocycles. The molecular formula is C13H18F2N2O2. The molecule has 0 spiro atoms. The van der Waals surface area contributed by atoms with Crippen LogP contribution in [0.15, 0.2) is 18.2 Å². The van der Waals surface area contributed by atoms with Crippen molar-refractivity contribution in [1.29, 1.82) is 0 Å². The third-order valence-corrected chi connectivity index (χ3v) is 2.29. The fourth-order valence-corrected chi connectivity index (χ4v) is 1.27. The highest BCUT2D eigenvalue weighted by atomic mass is 19.2. The molecule has 0 aliphatic carbocycles. The van der Waals surface area contributed by atoms with E-state index in [9.17, 15) is 13.6 Å². The first kappa shape index (κ1) is 15.4. The number of carbonyl (C=O) groups excluding carboxylic acids is 1. The molecule has 0 aliphatic heterocycles. The molecule has 0 bridgehead atoms. The number of nitrogens with one attached hydrogen (secondary N) is 1.